The maximum atomic E-state index is 12.7. The van der Waals surface area contributed by atoms with Gasteiger partial charge in [-0.2, -0.15) is 5.26 Å². The van der Waals surface area contributed by atoms with Crippen LogP contribution in [0.5, 0.6) is 0 Å². The topological polar surface area (TPSA) is 92.9 Å². The van der Waals surface area contributed by atoms with E-state index in [0.717, 1.165) is 22.2 Å². The predicted molar refractivity (Wildman–Crippen MR) is 106 cm³/mol. The number of nitrogens with zero attached hydrogens (tertiary/aromatic N) is 3. The highest BCUT2D eigenvalue weighted by molar-refractivity contribution is 7.09. The Hall–Kier alpha value is -3.11. The van der Waals surface area contributed by atoms with E-state index in [2.05, 4.69) is 9.97 Å². The minimum atomic E-state index is -1.03. The van der Waals surface area contributed by atoms with Crippen LogP contribution >= 0.6 is 11.3 Å². The third-order valence-corrected chi connectivity index (χ3v) is 5.47. The number of aromatic nitrogens is 2. The molecular weight excluding hydrogens is 374 g/mol. The fourth-order valence-electron chi connectivity index (χ4n) is 3.03. The Morgan fingerprint density at radius 3 is 2.64 bits per heavy atom. The standard InChI is InChI=1S/C21H19N3O3S/c1-4-16-19(13(3)14-7-5-6-8-17(14)24-16)21(26)27-10-18(25)15(9-22)20-23-12(2)11-28-20/h5-8,11,15H,4,10H2,1-3H3/t15-/m1/s1. The highest BCUT2D eigenvalue weighted by Gasteiger charge is 2.26. The molecule has 0 aliphatic rings. The molecule has 0 unspecified atom stereocenters. The molecule has 0 amide bonds. The molecule has 2 aromatic heterocycles. The molecule has 0 saturated carbocycles. The molecule has 3 aromatic rings. The van der Waals surface area contributed by atoms with Gasteiger partial charge in [-0.3, -0.25) is 9.78 Å². The third kappa shape index (κ3) is 3.78. The lowest BCUT2D eigenvalue weighted by Gasteiger charge is -2.13. The van der Waals surface area contributed by atoms with Gasteiger partial charge in [-0.1, -0.05) is 25.1 Å². The summed E-state index contributed by atoms with van der Waals surface area (Å²) in [6, 6.07) is 9.52. The molecule has 0 radical (unpaired) electrons. The molecule has 0 N–H and O–H groups in total. The molecule has 0 aliphatic heterocycles. The first-order valence-electron chi connectivity index (χ1n) is 8.86. The van der Waals surface area contributed by atoms with Gasteiger partial charge in [0.25, 0.3) is 0 Å². The molecule has 142 valence electrons. The van der Waals surface area contributed by atoms with Crippen LogP contribution in [0.15, 0.2) is 29.6 Å². The lowest BCUT2D eigenvalue weighted by Crippen LogP contribution is -2.21. The van der Waals surface area contributed by atoms with E-state index in [4.69, 9.17) is 4.74 Å². The van der Waals surface area contributed by atoms with E-state index in [0.29, 0.717) is 22.7 Å². The second kappa shape index (κ2) is 8.28. The van der Waals surface area contributed by atoms with Gasteiger partial charge in [0.2, 0.25) is 0 Å². The third-order valence-electron chi connectivity index (χ3n) is 4.45. The van der Waals surface area contributed by atoms with Gasteiger partial charge in [0.05, 0.1) is 22.8 Å². The van der Waals surface area contributed by atoms with E-state index >= 15 is 0 Å². The zero-order valence-corrected chi connectivity index (χ0v) is 16.7. The number of ether oxygens (including phenoxy) is 1. The molecule has 1 atom stereocenters. The number of para-hydroxylation sites is 1. The van der Waals surface area contributed by atoms with E-state index < -0.39 is 24.3 Å². The van der Waals surface area contributed by atoms with E-state index in [1.165, 1.54) is 11.3 Å². The van der Waals surface area contributed by atoms with Gasteiger partial charge < -0.3 is 4.74 Å². The van der Waals surface area contributed by atoms with Crippen molar-refractivity contribution in [2.75, 3.05) is 6.61 Å². The van der Waals surface area contributed by atoms with E-state index in [1.807, 2.05) is 44.2 Å². The normalized spacial score (nSPS) is 11.8. The van der Waals surface area contributed by atoms with E-state index in [-0.39, 0.29) is 0 Å². The fourth-order valence-corrected chi connectivity index (χ4v) is 3.89. The number of thiazole rings is 1. The number of rotatable bonds is 6. The van der Waals surface area contributed by atoms with Crippen molar-refractivity contribution in [2.45, 2.75) is 33.1 Å². The number of benzene rings is 1. The van der Waals surface area contributed by atoms with Gasteiger partial charge in [0, 0.05) is 16.5 Å². The molecule has 6 nitrogen and oxygen atoms in total. The summed E-state index contributed by atoms with van der Waals surface area (Å²) in [4.78, 5) is 33.9. The van der Waals surface area contributed by atoms with Gasteiger partial charge in [-0.15, -0.1) is 11.3 Å². The Balaban J connectivity index is 1.82. The smallest absolute Gasteiger partial charge is 0.340 e. The van der Waals surface area contributed by atoms with Crippen LogP contribution in [-0.2, 0) is 16.0 Å². The summed E-state index contributed by atoms with van der Waals surface area (Å²) >= 11 is 1.25. The second-order valence-corrected chi connectivity index (χ2v) is 7.25. The van der Waals surface area contributed by atoms with Crippen molar-refractivity contribution in [3.8, 4) is 6.07 Å². The zero-order valence-electron chi connectivity index (χ0n) is 15.9. The number of carbonyl (C=O) groups excluding carboxylic acids is 2. The summed E-state index contributed by atoms with van der Waals surface area (Å²) in [5.41, 5.74) is 3.34. The van der Waals surface area contributed by atoms with Crippen molar-refractivity contribution in [1.82, 2.24) is 9.97 Å². The maximum absolute atomic E-state index is 12.7. The van der Waals surface area contributed by atoms with Crippen LogP contribution in [0.2, 0.25) is 0 Å². The van der Waals surface area contributed by atoms with Gasteiger partial charge in [-0.25, -0.2) is 9.78 Å². The Morgan fingerprint density at radius 1 is 1.25 bits per heavy atom. The minimum Gasteiger partial charge on any atom is -0.454 e. The number of ketones is 1. The summed E-state index contributed by atoms with van der Waals surface area (Å²) in [7, 11) is 0. The average Bonchev–Trinajstić information content (AvgIpc) is 3.12. The molecule has 0 aliphatic carbocycles. The Labute approximate surface area is 166 Å². The molecule has 3 rings (SSSR count). The number of Topliss-reactive ketones (excluding diaryl/α,β-unsaturated/α-hetero) is 1. The predicted octanol–water partition coefficient (Wildman–Crippen LogP) is 3.90. The Kier molecular flexibility index (Phi) is 5.81. The van der Waals surface area contributed by atoms with Crippen molar-refractivity contribution >= 4 is 34.0 Å². The van der Waals surface area contributed by atoms with Crippen LogP contribution in [0.1, 0.15) is 45.2 Å². The van der Waals surface area contributed by atoms with Gasteiger partial charge in [0.1, 0.15) is 5.01 Å². The van der Waals surface area contributed by atoms with Crippen molar-refractivity contribution < 1.29 is 14.3 Å². The Bertz CT molecular complexity index is 1100. The molecule has 0 saturated heterocycles. The number of nitriles is 1. The van der Waals surface area contributed by atoms with Gasteiger partial charge in [-0.05, 0) is 31.9 Å². The number of esters is 1. The lowest BCUT2D eigenvalue weighted by atomic mass is 10.0. The molecule has 0 fully saturated rings. The van der Waals surface area contributed by atoms with E-state index in [9.17, 15) is 14.9 Å². The first-order chi connectivity index (χ1) is 13.5. The molecule has 28 heavy (non-hydrogen) atoms. The van der Waals surface area contributed by atoms with Crippen LogP contribution < -0.4 is 0 Å². The monoisotopic (exact) mass is 393 g/mol. The zero-order chi connectivity index (χ0) is 20.3. The molecule has 0 bridgehead atoms. The highest BCUT2D eigenvalue weighted by Crippen LogP contribution is 2.25. The SMILES string of the molecule is CCc1nc2ccccc2c(C)c1C(=O)OCC(=O)[C@@H](C#N)c1nc(C)cs1. The van der Waals surface area contributed by atoms with Crippen molar-refractivity contribution in [3.05, 3.63) is 57.2 Å². The molecule has 7 heteroatoms. The van der Waals surface area contributed by atoms with E-state index in [1.54, 1.807) is 12.3 Å². The number of fused-ring (bicyclic) bond motifs is 1. The van der Waals surface area contributed by atoms with Crippen molar-refractivity contribution in [2.24, 2.45) is 0 Å². The van der Waals surface area contributed by atoms with Crippen molar-refractivity contribution in [1.29, 1.82) is 5.26 Å². The summed E-state index contributed by atoms with van der Waals surface area (Å²) in [5, 5.41) is 12.4. The largest absolute Gasteiger partial charge is 0.454 e. The average molecular weight is 393 g/mol. The Morgan fingerprint density at radius 2 is 2.00 bits per heavy atom. The van der Waals surface area contributed by atoms with Crippen molar-refractivity contribution in [3.63, 3.8) is 0 Å². The molecule has 1 aromatic carbocycles. The molecular formula is C21H19N3O3S. The first kappa shape index (κ1) is 19.6. The summed E-state index contributed by atoms with van der Waals surface area (Å²) < 4.78 is 5.27. The number of hydrogen-bond donors (Lipinski definition) is 0. The quantitative estimate of drug-likeness (QED) is 0.590. The lowest BCUT2D eigenvalue weighted by molar-refractivity contribution is -0.122. The van der Waals surface area contributed by atoms with Crippen LogP contribution in [0.4, 0.5) is 0 Å². The maximum Gasteiger partial charge on any atom is 0.340 e. The van der Waals surface area contributed by atoms with Gasteiger partial charge in [0.15, 0.2) is 18.3 Å². The minimum absolute atomic E-state index is 0.382. The second-order valence-electron chi connectivity index (χ2n) is 6.36. The summed E-state index contributed by atoms with van der Waals surface area (Å²) in [5.74, 6) is -2.13. The number of aryl methyl sites for hydroxylation is 3. The van der Waals surface area contributed by atoms with Crippen LogP contribution in [0.25, 0.3) is 10.9 Å². The number of carbonyl (C=O) groups is 2. The van der Waals surface area contributed by atoms with Crippen LogP contribution in [0.3, 0.4) is 0 Å². The molecule has 2 heterocycles. The van der Waals surface area contributed by atoms with Crippen LogP contribution in [-0.4, -0.2) is 28.3 Å². The fraction of sp³-hybridized carbons (Fsp3) is 0.286. The summed E-state index contributed by atoms with van der Waals surface area (Å²) in [6.45, 7) is 5.07. The van der Waals surface area contributed by atoms with Crippen LogP contribution in [0, 0.1) is 25.2 Å². The van der Waals surface area contributed by atoms with Gasteiger partial charge >= 0.3 is 5.97 Å². The highest BCUT2D eigenvalue weighted by atomic mass is 32.1. The molecule has 0 spiro atoms. The first-order valence-corrected chi connectivity index (χ1v) is 9.73. The summed E-state index contributed by atoms with van der Waals surface area (Å²) in [6.07, 6.45) is 0.559. The number of hydrogen-bond acceptors (Lipinski definition) is 7. The number of pyridine rings is 1.